The van der Waals surface area contributed by atoms with E-state index in [1.807, 2.05) is 30.3 Å². The summed E-state index contributed by atoms with van der Waals surface area (Å²) < 4.78 is 29.2. The first-order valence-corrected chi connectivity index (χ1v) is 11.3. The van der Waals surface area contributed by atoms with E-state index in [0.717, 1.165) is 0 Å². The van der Waals surface area contributed by atoms with Crippen molar-refractivity contribution in [3.05, 3.63) is 65.7 Å². The number of piperidine rings is 1. The number of nitrogens with zero attached hydrogens (tertiary/aromatic N) is 1. The Kier molecular flexibility index (Phi) is 6.82. The maximum absolute atomic E-state index is 12.8. The van der Waals surface area contributed by atoms with Gasteiger partial charge in [0.25, 0.3) is 5.91 Å². The van der Waals surface area contributed by atoms with Crippen molar-refractivity contribution >= 4 is 21.5 Å². The van der Waals surface area contributed by atoms with Crippen LogP contribution in [0.15, 0.2) is 59.5 Å². The Labute approximate surface area is 171 Å². The minimum atomic E-state index is -3.42. The summed E-state index contributed by atoms with van der Waals surface area (Å²) in [5.41, 5.74) is 1.16. The zero-order valence-corrected chi connectivity index (χ0v) is 17.2. The summed E-state index contributed by atoms with van der Waals surface area (Å²) in [7, 11) is -1.97. The van der Waals surface area contributed by atoms with Gasteiger partial charge in [0.15, 0.2) is 15.6 Å². The highest BCUT2D eigenvalue weighted by Crippen LogP contribution is 2.23. The molecule has 0 atom stereocenters. The summed E-state index contributed by atoms with van der Waals surface area (Å²) in [4.78, 5) is 27.2. The molecule has 0 saturated carbocycles. The van der Waals surface area contributed by atoms with Crippen LogP contribution in [0.2, 0.25) is 0 Å². The van der Waals surface area contributed by atoms with Crippen LogP contribution in [0, 0.1) is 5.92 Å². The van der Waals surface area contributed by atoms with Crippen LogP contribution in [0.25, 0.3) is 0 Å². The van der Waals surface area contributed by atoms with Gasteiger partial charge >= 0.3 is 0 Å². The molecular formula is C22H25NO5S. The lowest BCUT2D eigenvalue weighted by molar-refractivity contribution is 0.0650. The van der Waals surface area contributed by atoms with Gasteiger partial charge in [-0.3, -0.25) is 9.59 Å². The van der Waals surface area contributed by atoms with Crippen molar-refractivity contribution < 1.29 is 22.7 Å². The van der Waals surface area contributed by atoms with Gasteiger partial charge in [-0.2, -0.15) is 0 Å². The number of hydrogen-bond acceptors (Lipinski definition) is 5. The second kappa shape index (κ2) is 9.33. The number of likely N-dealkylation sites (tertiary alicyclic amines) is 1. The van der Waals surface area contributed by atoms with Crippen molar-refractivity contribution in [1.29, 1.82) is 0 Å². The Bertz CT molecular complexity index is 946. The van der Waals surface area contributed by atoms with E-state index in [0.29, 0.717) is 37.1 Å². The Morgan fingerprint density at radius 2 is 1.59 bits per heavy atom. The third kappa shape index (κ3) is 5.10. The number of hydrogen-bond donors (Lipinski definition) is 0. The highest BCUT2D eigenvalue weighted by molar-refractivity contribution is 7.91. The fraction of sp³-hybridized carbons (Fsp3) is 0.364. The number of Topliss-reactive ketones (excluding diaryl/α,β-unsaturated/α-hetero) is 1. The van der Waals surface area contributed by atoms with Crippen LogP contribution in [-0.2, 0) is 14.6 Å². The monoisotopic (exact) mass is 415 g/mol. The summed E-state index contributed by atoms with van der Waals surface area (Å²) in [6, 6.07) is 15.2. The molecule has 0 spiro atoms. The Morgan fingerprint density at radius 3 is 2.17 bits per heavy atom. The predicted molar refractivity (Wildman–Crippen MR) is 110 cm³/mol. The van der Waals surface area contributed by atoms with E-state index in [1.165, 1.54) is 19.2 Å². The van der Waals surface area contributed by atoms with Crippen LogP contribution in [0.1, 0.15) is 33.6 Å². The topological polar surface area (TPSA) is 80.8 Å². The molecule has 1 fully saturated rings. The van der Waals surface area contributed by atoms with Gasteiger partial charge in [0.2, 0.25) is 0 Å². The first kappa shape index (κ1) is 21.2. The third-order valence-corrected chi connectivity index (χ3v) is 6.92. The minimum Gasteiger partial charge on any atom is -0.384 e. The van der Waals surface area contributed by atoms with Crippen LogP contribution in [-0.4, -0.2) is 57.6 Å². The van der Waals surface area contributed by atoms with Gasteiger partial charge < -0.3 is 9.64 Å². The molecule has 0 aliphatic carbocycles. The smallest absolute Gasteiger partial charge is 0.253 e. The SMILES string of the molecule is COCCS(=O)(=O)c1ccc(C(=O)N2CCC(C(=O)c3ccccc3)CC2)cc1. The summed E-state index contributed by atoms with van der Waals surface area (Å²) in [5, 5.41) is 0. The van der Waals surface area contributed by atoms with Crippen molar-refractivity contribution in [2.45, 2.75) is 17.7 Å². The minimum absolute atomic E-state index is 0.0743. The number of carbonyl (C=O) groups is 2. The van der Waals surface area contributed by atoms with E-state index < -0.39 is 9.84 Å². The number of methoxy groups -OCH3 is 1. The molecule has 1 heterocycles. The van der Waals surface area contributed by atoms with Gasteiger partial charge in [-0.1, -0.05) is 30.3 Å². The molecule has 3 rings (SSSR count). The Morgan fingerprint density at radius 1 is 0.966 bits per heavy atom. The molecule has 0 aromatic heterocycles. The van der Waals surface area contributed by atoms with Crippen LogP contribution < -0.4 is 0 Å². The van der Waals surface area contributed by atoms with E-state index in [9.17, 15) is 18.0 Å². The zero-order chi connectivity index (χ0) is 20.9. The molecule has 154 valence electrons. The average Bonchev–Trinajstić information content (AvgIpc) is 2.77. The second-order valence-electron chi connectivity index (χ2n) is 7.13. The van der Waals surface area contributed by atoms with Crippen molar-refractivity contribution in [1.82, 2.24) is 4.90 Å². The van der Waals surface area contributed by atoms with Gasteiger partial charge in [-0.05, 0) is 37.1 Å². The number of rotatable bonds is 7. The van der Waals surface area contributed by atoms with Gasteiger partial charge in [-0.25, -0.2) is 8.42 Å². The molecule has 2 aromatic rings. The van der Waals surface area contributed by atoms with Crippen molar-refractivity contribution in [3.63, 3.8) is 0 Å². The first-order valence-electron chi connectivity index (χ1n) is 9.62. The summed E-state index contributed by atoms with van der Waals surface area (Å²) in [6.45, 7) is 1.14. The maximum atomic E-state index is 12.8. The van der Waals surface area contributed by atoms with Gasteiger partial charge in [-0.15, -0.1) is 0 Å². The maximum Gasteiger partial charge on any atom is 0.253 e. The molecule has 0 radical (unpaired) electrons. The molecule has 1 amide bonds. The number of benzene rings is 2. The van der Waals surface area contributed by atoms with Crippen molar-refractivity contribution in [2.24, 2.45) is 5.92 Å². The van der Waals surface area contributed by atoms with Gasteiger partial charge in [0.1, 0.15) is 0 Å². The Hall–Kier alpha value is -2.51. The van der Waals surface area contributed by atoms with Crippen molar-refractivity contribution in [2.75, 3.05) is 32.6 Å². The van der Waals surface area contributed by atoms with Crippen LogP contribution in [0.5, 0.6) is 0 Å². The highest BCUT2D eigenvalue weighted by atomic mass is 32.2. The van der Waals surface area contributed by atoms with Gasteiger partial charge in [0.05, 0.1) is 17.3 Å². The molecule has 0 bridgehead atoms. The van der Waals surface area contributed by atoms with E-state index in [4.69, 9.17) is 4.74 Å². The molecule has 2 aromatic carbocycles. The summed E-state index contributed by atoms with van der Waals surface area (Å²) >= 11 is 0. The lowest BCUT2D eigenvalue weighted by atomic mass is 9.88. The standard InChI is InChI=1S/C22H25NO5S/c1-28-15-16-29(26,27)20-9-7-19(8-10-20)22(25)23-13-11-18(12-14-23)21(24)17-5-3-2-4-6-17/h2-10,18H,11-16H2,1H3. The van der Waals surface area contributed by atoms with E-state index in [1.54, 1.807) is 17.0 Å². The number of ether oxygens (including phenoxy) is 1. The summed E-state index contributed by atoms with van der Waals surface area (Å²) in [6.07, 6.45) is 1.26. The Balaban J connectivity index is 1.60. The summed E-state index contributed by atoms with van der Waals surface area (Å²) in [5.74, 6) is -0.186. The molecule has 1 aliphatic rings. The van der Waals surface area contributed by atoms with Crippen LogP contribution in [0.3, 0.4) is 0 Å². The number of carbonyl (C=O) groups excluding carboxylic acids is 2. The number of sulfone groups is 1. The fourth-order valence-corrected chi connectivity index (χ4v) is 4.65. The van der Waals surface area contributed by atoms with E-state index in [2.05, 4.69) is 0 Å². The predicted octanol–water partition coefficient (Wildman–Crippen LogP) is 2.84. The lowest BCUT2D eigenvalue weighted by Gasteiger charge is -2.31. The van der Waals surface area contributed by atoms with Gasteiger partial charge in [0, 0.05) is 37.2 Å². The average molecular weight is 416 g/mol. The third-order valence-electron chi connectivity index (χ3n) is 5.23. The molecule has 1 aliphatic heterocycles. The quantitative estimate of drug-likeness (QED) is 0.650. The molecule has 7 heteroatoms. The normalized spacial score (nSPS) is 15.3. The van der Waals surface area contributed by atoms with Crippen molar-refractivity contribution in [3.8, 4) is 0 Å². The second-order valence-corrected chi connectivity index (χ2v) is 9.24. The lowest BCUT2D eigenvalue weighted by Crippen LogP contribution is -2.40. The number of amides is 1. The first-order chi connectivity index (χ1) is 13.9. The number of ketones is 1. The zero-order valence-electron chi connectivity index (χ0n) is 16.4. The van der Waals surface area contributed by atoms with E-state index >= 15 is 0 Å². The van der Waals surface area contributed by atoms with E-state index in [-0.39, 0.29) is 34.9 Å². The molecule has 29 heavy (non-hydrogen) atoms. The van der Waals surface area contributed by atoms with Crippen LogP contribution >= 0.6 is 0 Å². The molecule has 1 saturated heterocycles. The molecule has 0 N–H and O–H groups in total. The molecule has 6 nitrogen and oxygen atoms in total. The molecular weight excluding hydrogens is 390 g/mol. The largest absolute Gasteiger partial charge is 0.384 e. The molecule has 0 unspecified atom stereocenters. The fourth-order valence-electron chi connectivity index (χ4n) is 3.48. The highest BCUT2D eigenvalue weighted by Gasteiger charge is 2.28. The van der Waals surface area contributed by atoms with Crippen LogP contribution in [0.4, 0.5) is 0 Å².